The summed E-state index contributed by atoms with van der Waals surface area (Å²) in [5.41, 5.74) is 4.96. The lowest BCUT2D eigenvalue weighted by atomic mass is 10.1. The number of aliphatic hydroxyl groups excluding tert-OH is 1. The molecule has 18 heavy (non-hydrogen) atoms. The van der Waals surface area contributed by atoms with Crippen LogP contribution in [0.25, 0.3) is 11.0 Å². The molecule has 0 radical (unpaired) electrons. The molecule has 1 aliphatic carbocycles. The monoisotopic (exact) mass is 244 g/mol. The molecular weight excluding hydrogens is 224 g/mol. The first kappa shape index (κ1) is 11.7. The van der Waals surface area contributed by atoms with E-state index in [2.05, 4.69) is 30.5 Å². The molecule has 0 aliphatic heterocycles. The van der Waals surface area contributed by atoms with E-state index >= 15 is 0 Å². The average molecular weight is 244 g/mol. The molecule has 3 heteroatoms. The van der Waals surface area contributed by atoms with Crippen molar-refractivity contribution in [3.8, 4) is 0 Å². The van der Waals surface area contributed by atoms with Gasteiger partial charge in [-0.2, -0.15) is 0 Å². The molecule has 0 unspecified atom stereocenters. The summed E-state index contributed by atoms with van der Waals surface area (Å²) in [6.07, 6.45) is 3.33. The van der Waals surface area contributed by atoms with Crippen molar-refractivity contribution in [2.24, 2.45) is 0 Å². The second kappa shape index (κ2) is 4.39. The van der Waals surface area contributed by atoms with Gasteiger partial charge in [-0.3, -0.25) is 0 Å². The Morgan fingerprint density at radius 1 is 1.28 bits per heavy atom. The van der Waals surface area contributed by atoms with Crippen LogP contribution < -0.4 is 0 Å². The summed E-state index contributed by atoms with van der Waals surface area (Å²) in [5, 5.41) is 9.05. The van der Waals surface area contributed by atoms with Gasteiger partial charge in [0.05, 0.1) is 11.0 Å². The van der Waals surface area contributed by atoms with Crippen molar-refractivity contribution >= 4 is 11.0 Å². The number of imidazole rings is 1. The quantitative estimate of drug-likeness (QED) is 0.898. The van der Waals surface area contributed by atoms with E-state index in [4.69, 9.17) is 10.1 Å². The molecule has 1 aromatic carbocycles. The maximum Gasteiger partial charge on any atom is 0.112 e. The van der Waals surface area contributed by atoms with Gasteiger partial charge < -0.3 is 9.67 Å². The number of aryl methyl sites for hydroxylation is 3. The Labute approximate surface area is 107 Å². The molecule has 1 heterocycles. The standard InChI is InChI=1S/C15H20N2O/c1-10-8-13-14(9-11(10)2)17(6-3-7-18)15(16-13)12-4-5-12/h8-9,12,18H,3-7H2,1-2H3. The third kappa shape index (κ3) is 1.93. The molecule has 1 N–H and O–H groups in total. The van der Waals surface area contributed by atoms with Gasteiger partial charge in [-0.25, -0.2) is 4.98 Å². The Morgan fingerprint density at radius 3 is 2.67 bits per heavy atom. The third-order valence-electron chi connectivity index (χ3n) is 3.88. The molecule has 0 atom stereocenters. The molecule has 3 nitrogen and oxygen atoms in total. The van der Waals surface area contributed by atoms with Gasteiger partial charge in [-0.1, -0.05) is 0 Å². The van der Waals surface area contributed by atoms with Crippen LogP contribution in [0.5, 0.6) is 0 Å². The van der Waals surface area contributed by atoms with E-state index in [0.29, 0.717) is 5.92 Å². The van der Waals surface area contributed by atoms with E-state index in [0.717, 1.165) is 18.5 Å². The third-order valence-corrected chi connectivity index (χ3v) is 3.88. The minimum absolute atomic E-state index is 0.245. The van der Waals surface area contributed by atoms with E-state index in [1.807, 2.05) is 0 Å². The summed E-state index contributed by atoms with van der Waals surface area (Å²) in [6, 6.07) is 4.42. The van der Waals surface area contributed by atoms with Crippen molar-refractivity contribution in [1.82, 2.24) is 9.55 Å². The predicted molar refractivity (Wildman–Crippen MR) is 72.9 cm³/mol. The highest BCUT2D eigenvalue weighted by molar-refractivity contribution is 5.78. The highest BCUT2D eigenvalue weighted by Gasteiger charge is 2.29. The first-order valence-electron chi connectivity index (χ1n) is 6.79. The lowest BCUT2D eigenvalue weighted by Crippen LogP contribution is -2.04. The van der Waals surface area contributed by atoms with Gasteiger partial charge in [0.25, 0.3) is 0 Å². The molecular formula is C15H20N2O. The normalized spacial score (nSPS) is 15.5. The Morgan fingerprint density at radius 2 is 2.00 bits per heavy atom. The fourth-order valence-electron chi connectivity index (χ4n) is 2.52. The second-order valence-electron chi connectivity index (χ2n) is 5.40. The summed E-state index contributed by atoms with van der Waals surface area (Å²) < 4.78 is 2.32. The van der Waals surface area contributed by atoms with Crippen LogP contribution in [0.1, 0.15) is 42.1 Å². The van der Waals surface area contributed by atoms with Crippen LogP contribution in [0, 0.1) is 13.8 Å². The lowest BCUT2D eigenvalue weighted by molar-refractivity contribution is 0.280. The van der Waals surface area contributed by atoms with E-state index in [-0.39, 0.29) is 6.61 Å². The van der Waals surface area contributed by atoms with Gasteiger partial charge >= 0.3 is 0 Å². The Balaban J connectivity index is 2.14. The topological polar surface area (TPSA) is 38.0 Å². The Hall–Kier alpha value is -1.35. The fourth-order valence-corrected chi connectivity index (χ4v) is 2.52. The summed E-state index contributed by atoms with van der Waals surface area (Å²) in [7, 11) is 0. The summed E-state index contributed by atoms with van der Waals surface area (Å²) in [6.45, 7) is 5.41. The number of rotatable bonds is 4. The lowest BCUT2D eigenvalue weighted by Gasteiger charge is -2.08. The summed E-state index contributed by atoms with van der Waals surface area (Å²) in [5.74, 6) is 1.88. The molecule has 0 bridgehead atoms. The number of fused-ring (bicyclic) bond motifs is 1. The zero-order chi connectivity index (χ0) is 12.7. The molecule has 1 saturated carbocycles. The van der Waals surface area contributed by atoms with Crippen molar-refractivity contribution in [3.05, 3.63) is 29.1 Å². The van der Waals surface area contributed by atoms with Crippen LogP contribution in [-0.2, 0) is 6.54 Å². The van der Waals surface area contributed by atoms with E-state index in [9.17, 15) is 0 Å². The number of aliphatic hydroxyl groups is 1. The number of aromatic nitrogens is 2. The summed E-state index contributed by atoms with van der Waals surface area (Å²) in [4.78, 5) is 4.81. The molecule has 1 fully saturated rings. The number of hydrogen-bond donors (Lipinski definition) is 1. The van der Waals surface area contributed by atoms with Crippen molar-refractivity contribution < 1.29 is 5.11 Å². The van der Waals surface area contributed by atoms with Crippen LogP contribution in [0.2, 0.25) is 0 Å². The number of benzene rings is 1. The highest BCUT2D eigenvalue weighted by Crippen LogP contribution is 2.41. The predicted octanol–water partition coefficient (Wildman–Crippen LogP) is 2.91. The van der Waals surface area contributed by atoms with Crippen molar-refractivity contribution in [2.75, 3.05) is 6.61 Å². The van der Waals surface area contributed by atoms with Crippen molar-refractivity contribution in [1.29, 1.82) is 0 Å². The molecule has 2 aromatic rings. The molecule has 1 aromatic heterocycles. The zero-order valence-corrected chi connectivity index (χ0v) is 11.1. The molecule has 1 aliphatic rings. The fraction of sp³-hybridized carbons (Fsp3) is 0.533. The minimum atomic E-state index is 0.245. The maximum atomic E-state index is 9.05. The Kier molecular flexibility index (Phi) is 2.86. The SMILES string of the molecule is Cc1cc2nc(C3CC3)n(CCCO)c2cc1C. The number of hydrogen-bond acceptors (Lipinski definition) is 2. The summed E-state index contributed by atoms with van der Waals surface area (Å²) >= 11 is 0. The van der Waals surface area contributed by atoms with Crippen LogP contribution >= 0.6 is 0 Å². The van der Waals surface area contributed by atoms with Crippen LogP contribution in [-0.4, -0.2) is 21.3 Å². The molecule has 0 amide bonds. The largest absolute Gasteiger partial charge is 0.396 e. The van der Waals surface area contributed by atoms with Crippen LogP contribution in [0.15, 0.2) is 12.1 Å². The van der Waals surface area contributed by atoms with Gasteiger partial charge in [-0.05, 0) is 56.4 Å². The first-order chi connectivity index (χ1) is 8.70. The zero-order valence-electron chi connectivity index (χ0n) is 11.1. The second-order valence-corrected chi connectivity index (χ2v) is 5.40. The number of nitrogens with zero attached hydrogens (tertiary/aromatic N) is 2. The van der Waals surface area contributed by atoms with Crippen LogP contribution in [0.3, 0.4) is 0 Å². The molecule has 0 saturated heterocycles. The van der Waals surface area contributed by atoms with E-state index in [1.165, 1.54) is 35.3 Å². The van der Waals surface area contributed by atoms with Crippen molar-refractivity contribution in [2.45, 2.75) is 45.6 Å². The molecule has 3 rings (SSSR count). The minimum Gasteiger partial charge on any atom is -0.396 e. The van der Waals surface area contributed by atoms with Gasteiger partial charge in [0, 0.05) is 19.1 Å². The van der Waals surface area contributed by atoms with E-state index in [1.54, 1.807) is 0 Å². The van der Waals surface area contributed by atoms with Gasteiger partial charge in [-0.15, -0.1) is 0 Å². The molecule has 96 valence electrons. The first-order valence-corrected chi connectivity index (χ1v) is 6.79. The maximum absolute atomic E-state index is 9.05. The van der Waals surface area contributed by atoms with Gasteiger partial charge in [0.2, 0.25) is 0 Å². The highest BCUT2D eigenvalue weighted by atomic mass is 16.3. The van der Waals surface area contributed by atoms with Crippen molar-refractivity contribution in [3.63, 3.8) is 0 Å². The van der Waals surface area contributed by atoms with Gasteiger partial charge in [0.15, 0.2) is 0 Å². The van der Waals surface area contributed by atoms with Gasteiger partial charge in [0.1, 0.15) is 5.82 Å². The molecule has 0 spiro atoms. The Bertz CT molecular complexity index is 582. The van der Waals surface area contributed by atoms with Crippen LogP contribution in [0.4, 0.5) is 0 Å². The average Bonchev–Trinajstić information content (AvgIpc) is 3.13. The smallest absolute Gasteiger partial charge is 0.112 e. The van der Waals surface area contributed by atoms with E-state index < -0.39 is 0 Å².